The summed E-state index contributed by atoms with van der Waals surface area (Å²) in [5.74, 6) is -1.24. The summed E-state index contributed by atoms with van der Waals surface area (Å²) in [6.45, 7) is 0. The van der Waals surface area contributed by atoms with Crippen molar-refractivity contribution in [3.05, 3.63) is 39.9 Å². The zero-order valence-corrected chi connectivity index (χ0v) is 8.96. The van der Waals surface area contributed by atoms with E-state index in [4.69, 9.17) is 5.11 Å². The van der Waals surface area contributed by atoms with Crippen molar-refractivity contribution in [2.75, 3.05) is 0 Å². The third-order valence-electron chi connectivity index (χ3n) is 2.17. The largest absolute Gasteiger partial charge is 0.481 e. The first kappa shape index (κ1) is 12.8. The molecule has 0 fully saturated rings. The molecule has 1 aromatic carbocycles. The lowest BCUT2D eigenvalue weighted by Gasteiger charge is -1.99. The van der Waals surface area contributed by atoms with Crippen LogP contribution in [-0.2, 0) is 4.79 Å². The Morgan fingerprint density at radius 2 is 2.00 bits per heavy atom. The lowest BCUT2D eigenvalue weighted by atomic mass is 10.1. The highest BCUT2D eigenvalue weighted by Gasteiger charge is 2.11. The molecule has 0 spiro atoms. The van der Waals surface area contributed by atoms with E-state index in [-0.39, 0.29) is 36.3 Å². The zero-order chi connectivity index (χ0) is 12.8. The molecule has 1 aromatic rings. The molecule has 0 radical (unpaired) electrons. The number of carbonyl (C=O) groups is 2. The summed E-state index contributed by atoms with van der Waals surface area (Å²) in [6.07, 6.45) is 0.227. The van der Waals surface area contributed by atoms with Crippen molar-refractivity contribution >= 4 is 17.4 Å². The van der Waals surface area contributed by atoms with E-state index in [9.17, 15) is 19.7 Å². The molecule has 0 bridgehead atoms. The van der Waals surface area contributed by atoms with Crippen LogP contribution in [0.2, 0.25) is 0 Å². The number of nitro benzene ring substituents is 1. The smallest absolute Gasteiger partial charge is 0.303 e. The first-order valence-electron chi connectivity index (χ1n) is 5.00. The second kappa shape index (κ2) is 5.74. The van der Waals surface area contributed by atoms with Crippen molar-refractivity contribution in [1.29, 1.82) is 0 Å². The summed E-state index contributed by atoms with van der Waals surface area (Å²) < 4.78 is 0. The van der Waals surface area contributed by atoms with Crippen LogP contribution in [0.1, 0.15) is 29.6 Å². The molecule has 1 rings (SSSR count). The molecule has 0 aromatic heterocycles. The van der Waals surface area contributed by atoms with Gasteiger partial charge in [-0.1, -0.05) is 12.1 Å². The molecular formula is C11H11NO5. The molecule has 0 aliphatic carbocycles. The monoisotopic (exact) mass is 237 g/mol. The molecular weight excluding hydrogens is 226 g/mol. The summed E-state index contributed by atoms with van der Waals surface area (Å²) in [5.41, 5.74) is 0.0960. The Kier molecular flexibility index (Phi) is 4.33. The number of carboxylic acids is 1. The van der Waals surface area contributed by atoms with Gasteiger partial charge in [-0.15, -0.1) is 0 Å². The third-order valence-corrected chi connectivity index (χ3v) is 2.17. The van der Waals surface area contributed by atoms with Crippen LogP contribution in [0.5, 0.6) is 0 Å². The van der Waals surface area contributed by atoms with Crippen molar-refractivity contribution in [3.63, 3.8) is 0 Å². The number of nitro groups is 1. The molecule has 6 nitrogen and oxygen atoms in total. The van der Waals surface area contributed by atoms with Gasteiger partial charge < -0.3 is 5.11 Å². The van der Waals surface area contributed by atoms with Gasteiger partial charge in [0.15, 0.2) is 5.78 Å². The van der Waals surface area contributed by atoms with Crippen LogP contribution in [-0.4, -0.2) is 21.8 Å². The van der Waals surface area contributed by atoms with E-state index in [0.29, 0.717) is 0 Å². The maximum atomic E-state index is 11.6. The number of rotatable bonds is 6. The minimum Gasteiger partial charge on any atom is -0.481 e. The molecule has 90 valence electrons. The number of carboxylic acid groups (broad SMARTS) is 1. The number of hydrogen-bond acceptors (Lipinski definition) is 4. The molecule has 17 heavy (non-hydrogen) atoms. The number of aliphatic carboxylic acids is 1. The van der Waals surface area contributed by atoms with E-state index in [1.807, 2.05) is 0 Å². The van der Waals surface area contributed by atoms with E-state index in [1.54, 1.807) is 0 Å². The predicted octanol–water partition coefficient (Wildman–Crippen LogP) is 2.03. The van der Waals surface area contributed by atoms with Crippen molar-refractivity contribution in [3.8, 4) is 0 Å². The maximum absolute atomic E-state index is 11.6. The third kappa shape index (κ3) is 4.02. The Morgan fingerprint density at radius 3 is 2.59 bits per heavy atom. The average molecular weight is 237 g/mol. The molecule has 0 unspecified atom stereocenters. The summed E-state index contributed by atoms with van der Waals surface area (Å²) in [5, 5.41) is 18.9. The number of Topliss-reactive ketones (excluding diaryl/α,β-unsaturated/α-hetero) is 1. The highest BCUT2D eigenvalue weighted by Crippen LogP contribution is 2.15. The van der Waals surface area contributed by atoms with Crippen molar-refractivity contribution < 1.29 is 19.6 Å². The van der Waals surface area contributed by atoms with Gasteiger partial charge in [0.2, 0.25) is 0 Å². The molecule has 0 saturated heterocycles. The van der Waals surface area contributed by atoms with Gasteiger partial charge in [-0.3, -0.25) is 19.7 Å². The Morgan fingerprint density at radius 1 is 1.29 bits per heavy atom. The minimum absolute atomic E-state index is 0.0769. The van der Waals surface area contributed by atoms with Crippen LogP contribution in [0.4, 0.5) is 5.69 Å². The van der Waals surface area contributed by atoms with Crippen LogP contribution < -0.4 is 0 Å². The Bertz CT molecular complexity index is 455. The van der Waals surface area contributed by atoms with Gasteiger partial charge in [-0.05, 0) is 6.42 Å². The highest BCUT2D eigenvalue weighted by molar-refractivity contribution is 5.96. The topological polar surface area (TPSA) is 97.5 Å². The quantitative estimate of drug-likeness (QED) is 0.463. The second-order valence-corrected chi connectivity index (χ2v) is 3.48. The average Bonchev–Trinajstić information content (AvgIpc) is 2.28. The highest BCUT2D eigenvalue weighted by atomic mass is 16.6. The minimum atomic E-state index is -0.961. The summed E-state index contributed by atoms with van der Waals surface area (Å²) in [7, 11) is 0. The number of ketones is 1. The van der Waals surface area contributed by atoms with Crippen LogP contribution in [0.25, 0.3) is 0 Å². The predicted molar refractivity (Wildman–Crippen MR) is 58.9 cm³/mol. The Hall–Kier alpha value is -2.24. The molecule has 6 heteroatoms. The van der Waals surface area contributed by atoms with Crippen LogP contribution >= 0.6 is 0 Å². The summed E-state index contributed by atoms with van der Waals surface area (Å²) in [4.78, 5) is 31.8. The van der Waals surface area contributed by atoms with E-state index in [2.05, 4.69) is 0 Å². The van der Waals surface area contributed by atoms with Crippen LogP contribution in [0.3, 0.4) is 0 Å². The lowest BCUT2D eigenvalue weighted by molar-refractivity contribution is -0.384. The fraction of sp³-hybridized carbons (Fsp3) is 0.273. The van der Waals surface area contributed by atoms with Crippen LogP contribution in [0, 0.1) is 10.1 Å². The van der Waals surface area contributed by atoms with Gasteiger partial charge in [0.05, 0.1) is 4.92 Å². The van der Waals surface area contributed by atoms with Gasteiger partial charge in [-0.25, -0.2) is 0 Å². The zero-order valence-electron chi connectivity index (χ0n) is 8.96. The fourth-order valence-corrected chi connectivity index (χ4v) is 1.34. The Balaban J connectivity index is 2.65. The molecule has 0 heterocycles. The standard InChI is InChI=1S/C11H11NO5/c13-10(5-2-6-11(14)15)8-3-1-4-9(7-8)12(16)17/h1,3-4,7H,2,5-6H2,(H,14,15). The number of benzene rings is 1. The molecule has 0 atom stereocenters. The van der Waals surface area contributed by atoms with Gasteiger partial charge in [0.1, 0.15) is 0 Å². The number of nitrogens with zero attached hydrogens (tertiary/aromatic N) is 1. The van der Waals surface area contributed by atoms with Crippen molar-refractivity contribution in [1.82, 2.24) is 0 Å². The number of non-ortho nitro benzene ring substituents is 1. The van der Waals surface area contributed by atoms with Gasteiger partial charge >= 0.3 is 5.97 Å². The van der Waals surface area contributed by atoms with Crippen molar-refractivity contribution in [2.24, 2.45) is 0 Å². The van der Waals surface area contributed by atoms with E-state index >= 15 is 0 Å². The first-order chi connectivity index (χ1) is 8.00. The van der Waals surface area contributed by atoms with Gasteiger partial charge in [-0.2, -0.15) is 0 Å². The summed E-state index contributed by atoms with van der Waals surface area (Å²) in [6, 6.07) is 5.41. The number of carbonyl (C=O) groups excluding carboxylic acids is 1. The lowest BCUT2D eigenvalue weighted by Crippen LogP contribution is -2.02. The molecule has 0 saturated carbocycles. The van der Waals surface area contributed by atoms with Crippen molar-refractivity contribution in [2.45, 2.75) is 19.3 Å². The van der Waals surface area contributed by atoms with E-state index in [1.165, 1.54) is 24.3 Å². The molecule has 0 aliphatic rings. The van der Waals surface area contributed by atoms with Crippen LogP contribution in [0.15, 0.2) is 24.3 Å². The molecule has 0 amide bonds. The first-order valence-corrected chi connectivity index (χ1v) is 5.00. The van der Waals surface area contributed by atoms with E-state index < -0.39 is 10.9 Å². The Labute approximate surface area is 97.0 Å². The maximum Gasteiger partial charge on any atom is 0.303 e. The molecule has 1 N–H and O–H groups in total. The van der Waals surface area contributed by atoms with Gasteiger partial charge in [0, 0.05) is 30.5 Å². The van der Waals surface area contributed by atoms with Gasteiger partial charge in [0.25, 0.3) is 5.69 Å². The summed E-state index contributed by atoms with van der Waals surface area (Å²) >= 11 is 0. The second-order valence-electron chi connectivity index (χ2n) is 3.48. The fourth-order valence-electron chi connectivity index (χ4n) is 1.34. The number of hydrogen-bond donors (Lipinski definition) is 1. The molecule has 0 aliphatic heterocycles. The normalized spacial score (nSPS) is 9.88. The SMILES string of the molecule is O=C(O)CCCC(=O)c1cccc([N+](=O)[O-])c1. The van der Waals surface area contributed by atoms with E-state index in [0.717, 1.165) is 0 Å².